The van der Waals surface area contributed by atoms with E-state index >= 15 is 0 Å². The summed E-state index contributed by atoms with van der Waals surface area (Å²) in [6, 6.07) is 19.9. The van der Waals surface area contributed by atoms with Crippen LogP contribution in [0.3, 0.4) is 0 Å². The van der Waals surface area contributed by atoms with Crippen LogP contribution < -0.4 is 14.8 Å². The van der Waals surface area contributed by atoms with Gasteiger partial charge in [0.05, 0.1) is 19.1 Å². The molecule has 1 N–H and O–H groups in total. The summed E-state index contributed by atoms with van der Waals surface area (Å²) in [7, 11) is 2.59. The van der Waals surface area contributed by atoms with E-state index in [1.165, 1.54) is 12.4 Å². The molecule has 0 heterocycles. The van der Waals surface area contributed by atoms with E-state index in [1.807, 2.05) is 36.4 Å². The van der Waals surface area contributed by atoms with Crippen LogP contribution in [-0.2, 0) is 21.2 Å². The Hall–Kier alpha value is -4.11. The van der Waals surface area contributed by atoms with Crippen molar-refractivity contribution in [3.8, 4) is 22.6 Å². The van der Waals surface area contributed by atoms with Crippen molar-refractivity contribution in [3.05, 3.63) is 83.9 Å². The Morgan fingerprint density at radius 1 is 1.00 bits per heavy atom. The maximum Gasteiger partial charge on any atom is 0.284 e. The van der Waals surface area contributed by atoms with Gasteiger partial charge in [-0.1, -0.05) is 42.5 Å². The molecule has 1 amide bonds. The van der Waals surface area contributed by atoms with Crippen molar-refractivity contribution in [2.24, 2.45) is 4.40 Å². The van der Waals surface area contributed by atoms with E-state index < -0.39 is 10.0 Å². The minimum absolute atomic E-state index is 0.118. The van der Waals surface area contributed by atoms with Crippen LogP contribution >= 0.6 is 0 Å². The van der Waals surface area contributed by atoms with Gasteiger partial charge in [-0.25, -0.2) is 0 Å². The van der Waals surface area contributed by atoms with Crippen molar-refractivity contribution >= 4 is 28.3 Å². The highest BCUT2D eigenvalue weighted by atomic mass is 32.2. The molecule has 0 spiro atoms. The molecule has 0 atom stereocenters. The van der Waals surface area contributed by atoms with Gasteiger partial charge in [-0.2, -0.15) is 8.42 Å². The summed E-state index contributed by atoms with van der Waals surface area (Å²) >= 11 is 0. The summed E-state index contributed by atoms with van der Waals surface area (Å²) in [5.41, 5.74) is 2.85. The van der Waals surface area contributed by atoms with Crippen molar-refractivity contribution in [2.45, 2.75) is 11.3 Å². The summed E-state index contributed by atoms with van der Waals surface area (Å²) < 4.78 is 40.5. The Labute approximate surface area is 218 Å². The fourth-order valence-corrected chi connectivity index (χ4v) is 4.71. The first-order valence-corrected chi connectivity index (χ1v) is 13.0. The monoisotopic (exact) mass is 521 g/mol. The van der Waals surface area contributed by atoms with Crippen molar-refractivity contribution in [2.75, 3.05) is 34.9 Å². The molecule has 0 aliphatic rings. The molecule has 8 nitrogen and oxygen atoms in total. The number of ether oxygens (including phenoxy) is 2. The minimum Gasteiger partial charge on any atom is -0.497 e. The van der Waals surface area contributed by atoms with Crippen LogP contribution in [0.5, 0.6) is 11.5 Å². The Morgan fingerprint density at radius 3 is 2.43 bits per heavy atom. The Morgan fingerprint density at radius 2 is 1.76 bits per heavy atom. The van der Waals surface area contributed by atoms with Crippen LogP contribution in [-0.4, -0.2) is 60.4 Å². The smallest absolute Gasteiger partial charge is 0.284 e. The van der Waals surface area contributed by atoms with Crippen LogP contribution in [0.4, 0.5) is 0 Å². The number of carbonyl (C=O) groups is 1. The Balaban J connectivity index is 1.74. The van der Waals surface area contributed by atoms with Gasteiger partial charge in [-0.05, 0) is 41.8 Å². The standard InChI is InChI=1S/C28H31N3O5S/c1-31(2)20-30-37(33,34)27-18-21(10-14-25(27)22-8-6-5-7-9-22)16-17-29-28(32)15-12-23-11-13-24(35-3)19-26(23)36-4/h5-15,18-20H,16-17H2,1-4H3,(H,29,32)/b15-12+,30-20?. The van der Waals surface area contributed by atoms with Crippen LogP contribution in [0.25, 0.3) is 17.2 Å². The van der Waals surface area contributed by atoms with E-state index in [0.29, 0.717) is 30.0 Å². The van der Waals surface area contributed by atoms with Crippen LogP contribution in [0.2, 0.25) is 0 Å². The predicted molar refractivity (Wildman–Crippen MR) is 147 cm³/mol. The molecule has 194 valence electrons. The van der Waals surface area contributed by atoms with Gasteiger partial charge in [0.15, 0.2) is 0 Å². The van der Waals surface area contributed by atoms with Crippen molar-refractivity contribution < 1.29 is 22.7 Å². The number of nitrogens with zero attached hydrogens (tertiary/aromatic N) is 2. The average Bonchev–Trinajstić information content (AvgIpc) is 2.91. The third-order valence-corrected chi connectivity index (χ3v) is 6.66. The number of rotatable bonds is 11. The molecule has 0 radical (unpaired) electrons. The van der Waals surface area contributed by atoms with Crippen molar-refractivity contribution in [1.82, 2.24) is 10.2 Å². The molecule has 3 aromatic rings. The summed E-state index contributed by atoms with van der Waals surface area (Å²) in [4.78, 5) is 14.0. The van der Waals surface area contributed by atoms with Crippen LogP contribution in [0.15, 0.2) is 82.1 Å². The second-order valence-electron chi connectivity index (χ2n) is 8.34. The number of hydrogen-bond donors (Lipinski definition) is 1. The minimum atomic E-state index is -3.94. The quantitative estimate of drug-likeness (QED) is 0.233. The SMILES string of the molecule is COc1ccc(/C=C/C(=O)NCCc2ccc(-c3ccccc3)c(S(=O)(=O)N=CN(C)C)c2)c(OC)c1. The van der Waals surface area contributed by atoms with Crippen LogP contribution in [0.1, 0.15) is 11.1 Å². The normalized spacial score (nSPS) is 11.6. The average molecular weight is 522 g/mol. The van der Waals surface area contributed by atoms with Gasteiger partial charge in [0.2, 0.25) is 5.91 Å². The molecular weight excluding hydrogens is 490 g/mol. The number of benzene rings is 3. The third-order valence-electron chi connectivity index (χ3n) is 5.39. The lowest BCUT2D eigenvalue weighted by Gasteiger charge is -2.12. The lowest BCUT2D eigenvalue weighted by molar-refractivity contribution is -0.116. The highest BCUT2D eigenvalue weighted by Crippen LogP contribution is 2.30. The van der Waals surface area contributed by atoms with Gasteiger partial charge in [0.1, 0.15) is 17.8 Å². The van der Waals surface area contributed by atoms with E-state index in [2.05, 4.69) is 9.71 Å². The summed E-state index contributed by atoms with van der Waals surface area (Å²) in [5.74, 6) is 0.972. The lowest BCUT2D eigenvalue weighted by Crippen LogP contribution is -2.23. The molecule has 0 aromatic heterocycles. The summed E-state index contributed by atoms with van der Waals surface area (Å²) in [5, 5.41) is 2.83. The topological polar surface area (TPSA) is 97.3 Å². The van der Waals surface area contributed by atoms with Crippen LogP contribution in [0, 0.1) is 0 Å². The fraction of sp³-hybridized carbons (Fsp3) is 0.214. The second kappa shape index (κ2) is 12.7. The molecule has 0 bridgehead atoms. The molecule has 9 heteroatoms. The maximum atomic E-state index is 13.1. The number of hydrogen-bond acceptors (Lipinski definition) is 5. The third kappa shape index (κ3) is 7.68. The summed E-state index contributed by atoms with van der Waals surface area (Å²) in [6.45, 7) is 0.327. The zero-order chi connectivity index (χ0) is 26.8. The number of amides is 1. The number of nitrogens with one attached hydrogen (secondary N) is 1. The highest BCUT2D eigenvalue weighted by molar-refractivity contribution is 7.90. The van der Waals surface area contributed by atoms with Gasteiger partial charge in [-0.3, -0.25) is 4.79 Å². The van der Waals surface area contributed by atoms with E-state index in [-0.39, 0.29) is 10.8 Å². The first-order valence-electron chi connectivity index (χ1n) is 11.6. The van der Waals surface area contributed by atoms with Gasteiger partial charge in [-0.15, -0.1) is 4.40 Å². The zero-order valence-electron chi connectivity index (χ0n) is 21.3. The van der Waals surface area contributed by atoms with E-state index in [4.69, 9.17) is 9.47 Å². The summed E-state index contributed by atoms with van der Waals surface area (Å²) in [6.07, 6.45) is 4.80. The number of methoxy groups -OCH3 is 2. The molecular formula is C28H31N3O5S. The van der Waals surface area contributed by atoms with Gasteiger partial charge in [0, 0.05) is 43.9 Å². The number of sulfonamides is 1. The zero-order valence-corrected chi connectivity index (χ0v) is 22.2. The van der Waals surface area contributed by atoms with Gasteiger partial charge < -0.3 is 19.7 Å². The molecule has 0 aliphatic carbocycles. The van der Waals surface area contributed by atoms with Gasteiger partial charge >= 0.3 is 0 Å². The van der Waals surface area contributed by atoms with E-state index in [9.17, 15) is 13.2 Å². The van der Waals surface area contributed by atoms with Crippen molar-refractivity contribution in [3.63, 3.8) is 0 Å². The number of carbonyl (C=O) groups excluding carboxylic acids is 1. The first kappa shape index (κ1) is 27.5. The van der Waals surface area contributed by atoms with E-state index in [1.54, 1.807) is 69.6 Å². The molecule has 0 saturated heterocycles. The predicted octanol–water partition coefficient (Wildman–Crippen LogP) is 4.02. The molecule has 3 rings (SSSR count). The first-order chi connectivity index (χ1) is 17.7. The molecule has 0 aliphatic heterocycles. The maximum absolute atomic E-state index is 13.1. The molecule has 0 unspecified atom stereocenters. The highest BCUT2D eigenvalue weighted by Gasteiger charge is 2.19. The molecule has 3 aromatic carbocycles. The van der Waals surface area contributed by atoms with Gasteiger partial charge in [0.25, 0.3) is 10.0 Å². The van der Waals surface area contributed by atoms with Crippen molar-refractivity contribution in [1.29, 1.82) is 0 Å². The largest absolute Gasteiger partial charge is 0.497 e. The molecule has 0 fully saturated rings. The second-order valence-corrected chi connectivity index (χ2v) is 9.94. The Kier molecular flexibility index (Phi) is 9.45. The molecule has 37 heavy (non-hydrogen) atoms. The van der Waals surface area contributed by atoms with E-state index in [0.717, 1.165) is 16.7 Å². The molecule has 0 saturated carbocycles. The lowest BCUT2D eigenvalue weighted by atomic mass is 10.0. The Bertz CT molecular complexity index is 1380. The fourth-order valence-electron chi connectivity index (χ4n) is 3.52.